The average molecular weight is 293 g/mol. The van der Waals surface area contributed by atoms with Crippen LogP contribution in [0.15, 0.2) is 12.2 Å². The fourth-order valence-corrected chi connectivity index (χ4v) is 2.64. The van der Waals surface area contributed by atoms with Crippen LogP contribution in [0.3, 0.4) is 0 Å². The second kappa shape index (κ2) is 5.85. The molecule has 1 aliphatic carbocycles. The van der Waals surface area contributed by atoms with Crippen molar-refractivity contribution >= 4 is 39.7 Å². The fraction of sp³-hybridized carbons (Fsp3) is 0.583. The SMILES string of the molecule is C=C(C)C(=O)OC1(C(=O)Cl)CCCCC1C(=O)Cl. The van der Waals surface area contributed by atoms with E-state index in [-0.39, 0.29) is 12.0 Å². The topological polar surface area (TPSA) is 60.4 Å². The van der Waals surface area contributed by atoms with Crippen molar-refractivity contribution in [1.29, 1.82) is 0 Å². The molecule has 6 heteroatoms. The maximum atomic E-state index is 11.6. The molecule has 1 saturated carbocycles. The van der Waals surface area contributed by atoms with Crippen molar-refractivity contribution in [3.05, 3.63) is 12.2 Å². The fourth-order valence-electron chi connectivity index (χ4n) is 2.09. The van der Waals surface area contributed by atoms with E-state index < -0.39 is 28.0 Å². The largest absolute Gasteiger partial charge is 0.445 e. The third kappa shape index (κ3) is 2.93. The van der Waals surface area contributed by atoms with Gasteiger partial charge in [-0.05, 0) is 49.4 Å². The molecule has 4 nitrogen and oxygen atoms in total. The Morgan fingerprint density at radius 1 is 1.28 bits per heavy atom. The van der Waals surface area contributed by atoms with E-state index in [1.807, 2.05) is 0 Å². The Hall–Kier alpha value is -0.870. The van der Waals surface area contributed by atoms with Crippen molar-refractivity contribution in [2.24, 2.45) is 5.92 Å². The Balaban J connectivity index is 3.10. The van der Waals surface area contributed by atoms with Gasteiger partial charge in [-0.2, -0.15) is 0 Å². The Bertz CT molecular complexity index is 405. The van der Waals surface area contributed by atoms with Crippen molar-refractivity contribution in [2.75, 3.05) is 0 Å². The van der Waals surface area contributed by atoms with Gasteiger partial charge in [0.1, 0.15) is 0 Å². The van der Waals surface area contributed by atoms with Gasteiger partial charge in [-0.25, -0.2) is 4.79 Å². The average Bonchev–Trinajstić information content (AvgIpc) is 2.28. The number of carbonyl (C=O) groups excluding carboxylic acids is 3. The summed E-state index contributed by atoms with van der Waals surface area (Å²) in [5.74, 6) is -1.63. The smallest absolute Gasteiger partial charge is 0.334 e. The molecule has 0 radical (unpaired) electrons. The van der Waals surface area contributed by atoms with Gasteiger partial charge in [-0.15, -0.1) is 0 Å². The number of hydrogen-bond acceptors (Lipinski definition) is 4. The van der Waals surface area contributed by atoms with Crippen LogP contribution in [0.5, 0.6) is 0 Å². The van der Waals surface area contributed by atoms with Crippen LogP contribution >= 0.6 is 23.2 Å². The number of rotatable bonds is 4. The minimum atomic E-state index is -1.64. The van der Waals surface area contributed by atoms with Crippen LogP contribution < -0.4 is 0 Å². The third-order valence-electron chi connectivity index (χ3n) is 3.08. The molecule has 0 aromatic rings. The summed E-state index contributed by atoms with van der Waals surface area (Å²) >= 11 is 11.0. The lowest BCUT2D eigenvalue weighted by molar-refractivity contribution is -0.171. The molecular formula is C12H14Cl2O4. The first-order valence-electron chi connectivity index (χ1n) is 5.59. The summed E-state index contributed by atoms with van der Waals surface area (Å²) in [4.78, 5) is 34.7. The van der Waals surface area contributed by atoms with Gasteiger partial charge in [-0.1, -0.05) is 13.0 Å². The molecule has 0 spiro atoms. The normalized spacial score (nSPS) is 27.4. The minimum absolute atomic E-state index is 0.138. The summed E-state index contributed by atoms with van der Waals surface area (Å²) in [5.41, 5.74) is -1.51. The Kier molecular flexibility index (Phi) is 4.93. The molecule has 2 unspecified atom stereocenters. The minimum Gasteiger partial charge on any atom is -0.445 e. The number of halogens is 2. The molecular weight excluding hydrogens is 279 g/mol. The first-order valence-corrected chi connectivity index (χ1v) is 6.35. The molecule has 0 amide bonds. The monoisotopic (exact) mass is 292 g/mol. The highest BCUT2D eigenvalue weighted by atomic mass is 35.5. The first kappa shape index (κ1) is 15.2. The standard InChI is InChI=1S/C12H14Cl2O4/c1-7(2)10(16)18-12(11(14)17)6-4-3-5-8(12)9(13)15/h8H,1,3-6H2,2H3. The first-order chi connectivity index (χ1) is 8.31. The van der Waals surface area contributed by atoms with Gasteiger partial charge in [0, 0.05) is 5.57 Å². The molecule has 0 aliphatic heterocycles. The molecule has 0 heterocycles. The number of hydrogen-bond donors (Lipinski definition) is 0. The lowest BCUT2D eigenvalue weighted by atomic mass is 9.76. The van der Waals surface area contributed by atoms with Crippen LogP contribution in [-0.4, -0.2) is 22.1 Å². The molecule has 1 aliphatic rings. The molecule has 0 aromatic carbocycles. The van der Waals surface area contributed by atoms with E-state index in [0.29, 0.717) is 12.8 Å². The van der Waals surface area contributed by atoms with Crippen LogP contribution in [0.25, 0.3) is 0 Å². The van der Waals surface area contributed by atoms with Crippen LogP contribution in [0.1, 0.15) is 32.6 Å². The van der Waals surface area contributed by atoms with E-state index >= 15 is 0 Å². The molecule has 1 rings (SSSR count). The highest BCUT2D eigenvalue weighted by Gasteiger charge is 2.52. The van der Waals surface area contributed by atoms with E-state index in [9.17, 15) is 14.4 Å². The second-order valence-corrected chi connectivity index (χ2v) is 5.15. The Labute approximate surface area is 115 Å². The van der Waals surface area contributed by atoms with Crippen molar-refractivity contribution in [1.82, 2.24) is 0 Å². The second-order valence-electron chi connectivity index (χ2n) is 4.44. The number of ether oxygens (including phenoxy) is 1. The predicted octanol–water partition coefficient (Wildman–Crippen LogP) is 2.57. The van der Waals surface area contributed by atoms with Crippen molar-refractivity contribution in [3.8, 4) is 0 Å². The summed E-state index contributed by atoms with van der Waals surface area (Å²) in [5, 5.41) is -1.57. The molecule has 0 bridgehead atoms. The number of carbonyl (C=O) groups is 3. The zero-order valence-corrected chi connectivity index (χ0v) is 11.5. The highest BCUT2D eigenvalue weighted by Crippen LogP contribution is 2.40. The van der Waals surface area contributed by atoms with E-state index in [1.165, 1.54) is 6.92 Å². The van der Waals surface area contributed by atoms with Gasteiger partial charge < -0.3 is 4.74 Å². The van der Waals surface area contributed by atoms with E-state index in [4.69, 9.17) is 27.9 Å². The zero-order valence-electron chi connectivity index (χ0n) is 10.0. The lowest BCUT2D eigenvalue weighted by Gasteiger charge is -2.38. The number of esters is 1. The van der Waals surface area contributed by atoms with Gasteiger partial charge in [0.05, 0.1) is 5.92 Å². The van der Waals surface area contributed by atoms with Gasteiger partial charge in [0.15, 0.2) is 5.60 Å². The van der Waals surface area contributed by atoms with Crippen LogP contribution in [0, 0.1) is 5.92 Å². The quantitative estimate of drug-likeness (QED) is 0.454. The Morgan fingerprint density at radius 3 is 2.33 bits per heavy atom. The van der Waals surface area contributed by atoms with E-state index in [0.717, 1.165) is 6.42 Å². The molecule has 0 saturated heterocycles. The van der Waals surface area contributed by atoms with Gasteiger partial charge >= 0.3 is 5.97 Å². The molecule has 1 fully saturated rings. The summed E-state index contributed by atoms with van der Waals surface area (Å²) in [6.45, 7) is 4.89. The van der Waals surface area contributed by atoms with Gasteiger partial charge in [-0.3, -0.25) is 9.59 Å². The Morgan fingerprint density at radius 2 is 1.89 bits per heavy atom. The van der Waals surface area contributed by atoms with Crippen LogP contribution in [0.2, 0.25) is 0 Å². The van der Waals surface area contributed by atoms with E-state index in [2.05, 4.69) is 6.58 Å². The van der Waals surface area contributed by atoms with Crippen molar-refractivity contribution < 1.29 is 19.1 Å². The lowest BCUT2D eigenvalue weighted by Crippen LogP contribution is -2.51. The van der Waals surface area contributed by atoms with Gasteiger partial charge in [0.2, 0.25) is 5.24 Å². The highest BCUT2D eigenvalue weighted by molar-refractivity contribution is 6.68. The third-order valence-corrected chi connectivity index (χ3v) is 3.67. The summed E-state index contributed by atoms with van der Waals surface area (Å²) in [7, 11) is 0. The maximum Gasteiger partial charge on any atom is 0.334 e. The molecule has 0 N–H and O–H groups in total. The molecule has 0 aromatic heterocycles. The summed E-state index contributed by atoms with van der Waals surface area (Å²) < 4.78 is 5.15. The van der Waals surface area contributed by atoms with Crippen molar-refractivity contribution in [3.63, 3.8) is 0 Å². The van der Waals surface area contributed by atoms with Crippen LogP contribution in [0.4, 0.5) is 0 Å². The summed E-state index contributed by atoms with van der Waals surface area (Å²) in [6.07, 6.45) is 1.96. The zero-order chi connectivity index (χ0) is 13.9. The van der Waals surface area contributed by atoms with E-state index in [1.54, 1.807) is 0 Å². The molecule has 2 atom stereocenters. The molecule has 18 heavy (non-hydrogen) atoms. The van der Waals surface area contributed by atoms with Gasteiger partial charge in [0.25, 0.3) is 5.24 Å². The molecule has 100 valence electrons. The maximum absolute atomic E-state index is 11.6. The van der Waals surface area contributed by atoms with Crippen molar-refractivity contribution in [2.45, 2.75) is 38.2 Å². The summed E-state index contributed by atoms with van der Waals surface area (Å²) in [6, 6.07) is 0. The predicted molar refractivity (Wildman–Crippen MR) is 67.3 cm³/mol. The van der Waals surface area contributed by atoms with Crippen LogP contribution in [-0.2, 0) is 19.1 Å².